The number of anilines is 1. The molecule has 0 unspecified atom stereocenters. The summed E-state index contributed by atoms with van der Waals surface area (Å²) in [5, 5.41) is 0. The van der Waals surface area contributed by atoms with Crippen molar-refractivity contribution in [2.75, 3.05) is 17.2 Å². The third-order valence-corrected chi connectivity index (χ3v) is 6.97. The molecule has 1 heterocycles. The molecule has 1 aliphatic carbocycles. The van der Waals surface area contributed by atoms with E-state index in [0.29, 0.717) is 12.2 Å². The number of fused-ring (bicyclic) bond motifs is 1. The van der Waals surface area contributed by atoms with Gasteiger partial charge < -0.3 is 4.90 Å². The Balaban J connectivity index is 1.87. The zero-order valence-electron chi connectivity index (χ0n) is 13.2. The fraction of sp³-hybridized carbons (Fsp3) is 0.562. The first-order valence-corrected chi connectivity index (χ1v) is 10.5. The first kappa shape index (κ1) is 16.8. The molecule has 23 heavy (non-hydrogen) atoms. The van der Waals surface area contributed by atoms with Crippen LogP contribution in [-0.4, -0.2) is 32.7 Å². The summed E-state index contributed by atoms with van der Waals surface area (Å²) in [5.41, 5.74) is 0.709. The van der Waals surface area contributed by atoms with Crippen molar-refractivity contribution < 1.29 is 13.2 Å². The summed E-state index contributed by atoms with van der Waals surface area (Å²) in [6.45, 7) is 2.13. The first-order valence-electron chi connectivity index (χ1n) is 8.05. The predicted octanol–water partition coefficient (Wildman–Crippen LogP) is 2.76. The largest absolute Gasteiger partial charge is 0.311 e. The zero-order valence-corrected chi connectivity index (χ0v) is 14.9. The van der Waals surface area contributed by atoms with Gasteiger partial charge in [-0.2, -0.15) is 0 Å². The molecule has 1 saturated carbocycles. The fourth-order valence-corrected chi connectivity index (χ4v) is 5.50. The van der Waals surface area contributed by atoms with Gasteiger partial charge in [0.15, 0.2) is 0 Å². The number of carbonyl (C=O) groups is 1. The minimum atomic E-state index is -3.54. The Morgan fingerprint density at radius 1 is 1.26 bits per heavy atom. The van der Waals surface area contributed by atoms with Crippen LogP contribution < -0.4 is 9.62 Å². The van der Waals surface area contributed by atoms with Gasteiger partial charge in [0.25, 0.3) is 0 Å². The first-order chi connectivity index (χ1) is 11.0. The van der Waals surface area contributed by atoms with Gasteiger partial charge >= 0.3 is 0 Å². The number of benzene rings is 1. The Labute approximate surface area is 141 Å². The van der Waals surface area contributed by atoms with Crippen molar-refractivity contribution in [1.29, 1.82) is 0 Å². The molecular formula is C16H22N2O3S2. The van der Waals surface area contributed by atoms with Crippen LogP contribution in [-0.2, 0) is 14.8 Å². The Hall–Kier alpha value is -1.05. The van der Waals surface area contributed by atoms with Gasteiger partial charge in [0.1, 0.15) is 0 Å². The van der Waals surface area contributed by atoms with E-state index in [2.05, 4.69) is 4.72 Å². The molecule has 1 aromatic rings. The van der Waals surface area contributed by atoms with E-state index in [1.165, 1.54) is 13.3 Å². The Bertz CT molecular complexity index is 697. The van der Waals surface area contributed by atoms with Gasteiger partial charge in [-0.05, 0) is 31.0 Å². The summed E-state index contributed by atoms with van der Waals surface area (Å²) in [7, 11) is -3.54. The highest BCUT2D eigenvalue weighted by atomic mass is 32.2. The summed E-state index contributed by atoms with van der Waals surface area (Å²) < 4.78 is 28.1. The second-order valence-corrected chi connectivity index (χ2v) is 8.96. The summed E-state index contributed by atoms with van der Waals surface area (Å²) in [6.07, 6.45) is 5.14. The molecular weight excluding hydrogens is 332 g/mol. The highest BCUT2D eigenvalue weighted by molar-refractivity contribution is 7.99. The average Bonchev–Trinajstić information content (AvgIpc) is 2.54. The Morgan fingerprint density at radius 3 is 2.70 bits per heavy atom. The predicted molar refractivity (Wildman–Crippen MR) is 92.4 cm³/mol. The number of amides is 1. The van der Waals surface area contributed by atoms with Crippen LogP contribution in [0.2, 0.25) is 0 Å². The third kappa shape index (κ3) is 3.72. The molecule has 1 N–H and O–H groups in total. The van der Waals surface area contributed by atoms with Crippen molar-refractivity contribution in [2.45, 2.75) is 54.9 Å². The molecule has 0 aromatic heterocycles. The van der Waals surface area contributed by atoms with Crippen LogP contribution in [0.3, 0.4) is 0 Å². The van der Waals surface area contributed by atoms with E-state index >= 15 is 0 Å². The Kier molecular flexibility index (Phi) is 4.98. The number of hydrogen-bond acceptors (Lipinski definition) is 4. The van der Waals surface area contributed by atoms with Crippen molar-refractivity contribution in [3.63, 3.8) is 0 Å². The van der Waals surface area contributed by atoms with Gasteiger partial charge in [-0.15, -0.1) is 11.8 Å². The molecule has 0 atom stereocenters. The molecule has 1 aromatic carbocycles. The van der Waals surface area contributed by atoms with Crippen LogP contribution in [0.4, 0.5) is 5.69 Å². The van der Waals surface area contributed by atoms with Crippen molar-refractivity contribution in [1.82, 2.24) is 4.72 Å². The lowest BCUT2D eigenvalue weighted by atomic mass is 9.96. The van der Waals surface area contributed by atoms with Crippen molar-refractivity contribution in [3.05, 3.63) is 18.2 Å². The third-order valence-electron chi connectivity index (χ3n) is 4.41. The van der Waals surface area contributed by atoms with E-state index < -0.39 is 10.0 Å². The van der Waals surface area contributed by atoms with E-state index in [-0.39, 0.29) is 16.8 Å². The fourth-order valence-electron chi connectivity index (χ4n) is 3.20. The molecule has 1 amide bonds. The van der Waals surface area contributed by atoms with Gasteiger partial charge in [0.05, 0.1) is 10.6 Å². The number of thioether (sulfide) groups is 1. The monoisotopic (exact) mass is 354 g/mol. The minimum Gasteiger partial charge on any atom is -0.311 e. The number of nitrogens with one attached hydrogen (secondary N) is 1. The van der Waals surface area contributed by atoms with Gasteiger partial charge in [0, 0.05) is 30.2 Å². The molecule has 2 aliphatic rings. The van der Waals surface area contributed by atoms with Crippen LogP contribution in [0.5, 0.6) is 0 Å². The van der Waals surface area contributed by atoms with Crippen molar-refractivity contribution in [2.24, 2.45) is 0 Å². The van der Waals surface area contributed by atoms with Gasteiger partial charge in [-0.1, -0.05) is 19.3 Å². The number of hydrogen-bond donors (Lipinski definition) is 1. The molecule has 0 spiro atoms. The van der Waals surface area contributed by atoms with E-state index in [1.807, 2.05) is 6.07 Å². The molecule has 126 valence electrons. The second kappa shape index (κ2) is 6.83. The number of sulfonamides is 1. The molecule has 0 saturated heterocycles. The smallest absolute Gasteiger partial charge is 0.240 e. The van der Waals surface area contributed by atoms with Crippen LogP contribution in [0.1, 0.15) is 39.0 Å². The van der Waals surface area contributed by atoms with Gasteiger partial charge in [-0.25, -0.2) is 13.1 Å². The highest BCUT2D eigenvalue weighted by Gasteiger charge is 2.26. The van der Waals surface area contributed by atoms with Gasteiger partial charge in [0.2, 0.25) is 15.9 Å². The molecule has 5 nitrogen and oxygen atoms in total. The number of rotatable bonds is 3. The standard InChI is InChI=1S/C16H22N2O3S2/c1-12(19)18-9-10-22-16-8-7-14(11-15(16)18)23(20,21)17-13-5-3-2-4-6-13/h7-8,11,13,17H,2-6,9-10H2,1H3. The lowest BCUT2D eigenvalue weighted by molar-refractivity contribution is -0.116. The maximum atomic E-state index is 12.6. The summed E-state index contributed by atoms with van der Waals surface area (Å²) in [4.78, 5) is 14.7. The molecule has 3 rings (SSSR count). The second-order valence-electron chi connectivity index (χ2n) is 6.10. The minimum absolute atomic E-state index is 0.0306. The van der Waals surface area contributed by atoms with E-state index in [0.717, 1.165) is 36.3 Å². The lowest BCUT2D eigenvalue weighted by Gasteiger charge is -2.29. The number of carbonyl (C=O) groups excluding carboxylic acids is 1. The van der Waals surface area contributed by atoms with Crippen LogP contribution >= 0.6 is 11.8 Å². The lowest BCUT2D eigenvalue weighted by Crippen LogP contribution is -2.37. The molecule has 0 bridgehead atoms. The summed E-state index contributed by atoms with van der Waals surface area (Å²) in [5.74, 6) is 0.778. The Morgan fingerprint density at radius 2 is 2.00 bits per heavy atom. The molecule has 7 heteroatoms. The SMILES string of the molecule is CC(=O)N1CCSc2ccc(S(=O)(=O)NC3CCCCC3)cc21. The van der Waals surface area contributed by atoms with E-state index in [9.17, 15) is 13.2 Å². The van der Waals surface area contributed by atoms with Crippen molar-refractivity contribution in [3.8, 4) is 0 Å². The number of nitrogens with zero attached hydrogens (tertiary/aromatic N) is 1. The summed E-state index contributed by atoms with van der Waals surface area (Å²) in [6, 6.07) is 5.11. The van der Waals surface area contributed by atoms with E-state index in [4.69, 9.17) is 0 Å². The zero-order chi connectivity index (χ0) is 16.4. The molecule has 1 aliphatic heterocycles. The maximum absolute atomic E-state index is 12.6. The maximum Gasteiger partial charge on any atom is 0.240 e. The molecule has 0 radical (unpaired) electrons. The highest BCUT2D eigenvalue weighted by Crippen LogP contribution is 2.36. The van der Waals surface area contributed by atoms with E-state index in [1.54, 1.807) is 28.8 Å². The quantitative estimate of drug-likeness (QED) is 0.906. The molecule has 1 fully saturated rings. The normalized spacial score (nSPS) is 19.4. The van der Waals surface area contributed by atoms with Crippen LogP contribution in [0.25, 0.3) is 0 Å². The summed E-state index contributed by atoms with van der Waals surface area (Å²) >= 11 is 1.66. The van der Waals surface area contributed by atoms with Crippen LogP contribution in [0, 0.1) is 0 Å². The topological polar surface area (TPSA) is 66.5 Å². The van der Waals surface area contributed by atoms with Crippen LogP contribution in [0.15, 0.2) is 28.0 Å². The van der Waals surface area contributed by atoms with Gasteiger partial charge in [-0.3, -0.25) is 4.79 Å². The average molecular weight is 354 g/mol. The van der Waals surface area contributed by atoms with Crippen molar-refractivity contribution >= 4 is 33.4 Å².